The minimum atomic E-state index is -0.529. The van der Waals surface area contributed by atoms with E-state index >= 15 is 0 Å². The van der Waals surface area contributed by atoms with Crippen LogP contribution in [0.1, 0.15) is 0 Å². The molecule has 0 saturated carbocycles. The van der Waals surface area contributed by atoms with Gasteiger partial charge in [0.1, 0.15) is 11.5 Å². The van der Waals surface area contributed by atoms with E-state index in [9.17, 15) is 14.5 Å². The highest BCUT2D eigenvalue weighted by molar-refractivity contribution is 14.1. The van der Waals surface area contributed by atoms with Gasteiger partial charge in [-0.3, -0.25) is 10.1 Å². The van der Waals surface area contributed by atoms with E-state index in [2.05, 4.69) is 11.2 Å². The van der Waals surface area contributed by atoms with E-state index in [1.54, 1.807) is 22.6 Å². The predicted molar refractivity (Wildman–Crippen MR) is 80.4 cm³/mol. The standard InChI is InChI=1S/C11H10FIN2O2S/c1-2-4-18-5-3-14-10-6-8(12)9(13)7-11(10)15(16)17/h1,6-7,14H,3-5H2. The number of nitro benzene ring substituents is 1. The molecule has 1 aromatic rings. The molecule has 4 nitrogen and oxygen atoms in total. The molecular formula is C11H10FIN2O2S. The lowest BCUT2D eigenvalue weighted by Gasteiger charge is -2.07. The molecule has 1 aromatic carbocycles. The Bertz CT molecular complexity index is 491. The van der Waals surface area contributed by atoms with Gasteiger partial charge in [-0.15, -0.1) is 18.2 Å². The van der Waals surface area contributed by atoms with Crippen molar-refractivity contribution in [3.05, 3.63) is 31.6 Å². The van der Waals surface area contributed by atoms with Crippen molar-refractivity contribution in [2.45, 2.75) is 0 Å². The molecule has 96 valence electrons. The van der Waals surface area contributed by atoms with E-state index in [0.29, 0.717) is 18.1 Å². The van der Waals surface area contributed by atoms with E-state index in [1.807, 2.05) is 0 Å². The van der Waals surface area contributed by atoms with Crippen LogP contribution in [0.2, 0.25) is 0 Å². The molecule has 18 heavy (non-hydrogen) atoms. The highest BCUT2D eigenvalue weighted by Gasteiger charge is 2.16. The summed E-state index contributed by atoms with van der Waals surface area (Å²) < 4.78 is 13.6. The normalized spacial score (nSPS) is 9.83. The van der Waals surface area contributed by atoms with E-state index < -0.39 is 10.7 Å². The van der Waals surface area contributed by atoms with E-state index in [-0.39, 0.29) is 14.9 Å². The van der Waals surface area contributed by atoms with E-state index in [1.165, 1.54) is 17.8 Å². The van der Waals surface area contributed by atoms with Crippen LogP contribution in [0.5, 0.6) is 0 Å². The minimum Gasteiger partial charge on any atom is -0.379 e. The fourth-order valence-electron chi connectivity index (χ4n) is 1.22. The topological polar surface area (TPSA) is 55.2 Å². The molecule has 0 aliphatic rings. The summed E-state index contributed by atoms with van der Waals surface area (Å²) in [6, 6.07) is 2.36. The molecule has 0 aliphatic heterocycles. The van der Waals surface area contributed by atoms with Crippen molar-refractivity contribution in [1.82, 2.24) is 0 Å². The van der Waals surface area contributed by atoms with Crippen LogP contribution in [0.25, 0.3) is 0 Å². The van der Waals surface area contributed by atoms with Crippen LogP contribution in [0.15, 0.2) is 12.1 Å². The molecule has 0 atom stereocenters. The number of rotatable bonds is 6. The molecule has 0 aromatic heterocycles. The third-order valence-corrected chi connectivity index (χ3v) is 3.67. The quantitative estimate of drug-likeness (QED) is 0.271. The molecule has 0 saturated heterocycles. The van der Waals surface area contributed by atoms with Crippen molar-refractivity contribution in [3.8, 4) is 12.3 Å². The van der Waals surface area contributed by atoms with Crippen molar-refractivity contribution in [3.63, 3.8) is 0 Å². The number of thioether (sulfide) groups is 1. The first-order valence-corrected chi connectivity index (χ1v) is 7.18. The Morgan fingerprint density at radius 3 is 2.94 bits per heavy atom. The monoisotopic (exact) mass is 380 g/mol. The summed E-state index contributed by atoms with van der Waals surface area (Å²) in [6.45, 7) is 0.493. The maximum atomic E-state index is 13.4. The summed E-state index contributed by atoms with van der Waals surface area (Å²) >= 11 is 3.25. The zero-order valence-electron chi connectivity index (χ0n) is 9.28. The largest absolute Gasteiger partial charge is 0.379 e. The van der Waals surface area contributed by atoms with Crippen molar-refractivity contribution in [2.24, 2.45) is 0 Å². The van der Waals surface area contributed by atoms with Gasteiger partial charge in [0.25, 0.3) is 5.69 Å². The maximum absolute atomic E-state index is 13.4. The number of nitro groups is 1. The van der Waals surface area contributed by atoms with Gasteiger partial charge in [0, 0.05) is 24.4 Å². The Hall–Kier alpha value is -1.01. The molecule has 0 fully saturated rings. The predicted octanol–water partition coefficient (Wildman–Crippen LogP) is 3.12. The second-order valence-corrected chi connectivity index (χ2v) is 5.49. The Morgan fingerprint density at radius 1 is 1.61 bits per heavy atom. The zero-order valence-corrected chi connectivity index (χ0v) is 12.3. The fraction of sp³-hybridized carbons (Fsp3) is 0.273. The SMILES string of the molecule is C#CCSCCNc1cc(F)c(I)cc1[N+](=O)[O-]. The van der Waals surface area contributed by atoms with Gasteiger partial charge >= 0.3 is 0 Å². The fourth-order valence-corrected chi connectivity index (χ4v) is 2.18. The van der Waals surface area contributed by atoms with Crippen molar-refractivity contribution < 1.29 is 9.31 Å². The van der Waals surface area contributed by atoms with Crippen molar-refractivity contribution >= 4 is 45.7 Å². The van der Waals surface area contributed by atoms with Crippen LogP contribution in [0, 0.1) is 31.8 Å². The van der Waals surface area contributed by atoms with Crippen LogP contribution in [-0.2, 0) is 0 Å². The Kier molecular flexibility index (Phi) is 6.21. The van der Waals surface area contributed by atoms with E-state index in [0.717, 1.165) is 6.07 Å². The van der Waals surface area contributed by atoms with Crippen LogP contribution >= 0.6 is 34.4 Å². The lowest BCUT2D eigenvalue weighted by molar-refractivity contribution is -0.384. The van der Waals surface area contributed by atoms with E-state index in [4.69, 9.17) is 6.42 Å². The number of anilines is 1. The maximum Gasteiger partial charge on any atom is 0.293 e. The first-order valence-electron chi connectivity index (χ1n) is 4.94. The summed E-state index contributed by atoms with van der Waals surface area (Å²) in [4.78, 5) is 10.3. The van der Waals surface area contributed by atoms with Gasteiger partial charge in [0.2, 0.25) is 0 Å². The molecule has 1 rings (SSSR count). The summed E-state index contributed by atoms with van der Waals surface area (Å²) in [6.07, 6.45) is 5.09. The highest BCUT2D eigenvalue weighted by atomic mass is 127. The average molecular weight is 380 g/mol. The second-order valence-electron chi connectivity index (χ2n) is 3.22. The Morgan fingerprint density at radius 2 is 2.33 bits per heavy atom. The molecule has 0 bridgehead atoms. The summed E-state index contributed by atoms with van der Waals surface area (Å²) in [7, 11) is 0. The molecule has 0 amide bonds. The van der Waals surface area contributed by atoms with Crippen LogP contribution in [0.3, 0.4) is 0 Å². The van der Waals surface area contributed by atoms with Crippen molar-refractivity contribution in [1.29, 1.82) is 0 Å². The first kappa shape index (κ1) is 15.0. The van der Waals surface area contributed by atoms with Crippen LogP contribution < -0.4 is 5.32 Å². The van der Waals surface area contributed by atoms with Gasteiger partial charge in [-0.25, -0.2) is 4.39 Å². The number of nitrogens with one attached hydrogen (secondary N) is 1. The van der Waals surface area contributed by atoms with Gasteiger partial charge in [-0.1, -0.05) is 5.92 Å². The molecule has 7 heteroatoms. The number of hydrogen-bond donors (Lipinski definition) is 1. The summed E-state index contributed by atoms with van der Waals surface area (Å²) in [5, 5.41) is 13.7. The second kappa shape index (κ2) is 7.43. The van der Waals surface area contributed by atoms with Gasteiger partial charge in [-0.2, -0.15) is 0 Å². The van der Waals surface area contributed by atoms with Gasteiger partial charge in [-0.05, 0) is 22.6 Å². The molecule has 0 unspecified atom stereocenters. The third kappa shape index (κ3) is 4.34. The average Bonchev–Trinajstić information content (AvgIpc) is 2.32. The lowest BCUT2D eigenvalue weighted by atomic mass is 10.2. The van der Waals surface area contributed by atoms with Gasteiger partial charge < -0.3 is 5.32 Å². The molecule has 0 spiro atoms. The first-order chi connectivity index (χ1) is 8.56. The van der Waals surface area contributed by atoms with Gasteiger partial charge in [0.05, 0.1) is 14.2 Å². The molecule has 1 N–H and O–H groups in total. The molecule has 0 radical (unpaired) electrons. The number of halogens is 2. The number of hydrogen-bond acceptors (Lipinski definition) is 4. The smallest absolute Gasteiger partial charge is 0.293 e. The Labute approximate surface area is 122 Å². The molecule has 0 heterocycles. The third-order valence-electron chi connectivity index (χ3n) is 1.98. The molecule has 0 aliphatic carbocycles. The summed E-state index contributed by atoms with van der Waals surface area (Å²) in [5.74, 6) is 3.30. The summed E-state index contributed by atoms with van der Waals surface area (Å²) in [5.41, 5.74) is 0.0713. The van der Waals surface area contributed by atoms with Crippen LogP contribution in [-0.4, -0.2) is 23.0 Å². The van der Waals surface area contributed by atoms with Crippen molar-refractivity contribution in [2.75, 3.05) is 23.4 Å². The Balaban J connectivity index is 2.72. The highest BCUT2D eigenvalue weighted by Crippen LogP contribution is 2.28. The van der Waals surface area contributed by atoms with Crippen LogP contribution in [0.4, 0.5) is 15.8 Å². The zero-order chi connectivity index (χ0) is 13.5. The minimum absolute atomic E-state index is 0.122. The van der Waals surface area contributed by atoms with Gasteiger partial charge in [0.15, 0.2) is 0 Å². The molecular weight excluding hydrogens is 370 g/mol. The number of nitrogens with zero attached hydrogens (tertiary/aromatic N) is 1. The lowest BCUT2D eigenvalue weighted by Crippen LogP contribution is -2.07. The number of terminal acetylenes is 1. The number of benzene rings is 1.